The van der Waals surface area contributed by atoms with E-state index in [0.29, 0.717) is 18.7 Å². The summed E-state index contributed by atoms with van der Waals surface area (Å²) in [6.45, 7) is 10.1. The van der Waals surface area contributed by atoms with Crippen LogP contribution in [0.4, 0.5) is 0 Å². The van der Waals surface area contributed by atoms with Gasteiger partial charge in [0.1, 0.15) is 0 Å². The first kappa shape index (κ1) is 22.3. The smallest absolute Gasteiger partial charge is 0.253 e. The highest BCUT2D eigenvalue weighted by atomic mass is 79.9. The van der Waals surface area contributed by atoms with E-state index in [9.17, 15) is 9.59 Å². The van der Waals surface area contributed by atoms with Crippen LogP contribution in [0.5, 0.6) is 0 Å². The van der Waals surface area contributed by atoms with Gasteiger partial charge in [-0.1, -0.05) is 29.8 Å². The molecule has 29 heavy (non-hydrogen) atoms. The summed E-state index contributed by atoms with van der Waals surface area (Å²) in [4.78, 5) is 29.5. The quantitative estimate of drug-likeness (QED) is 0.652. The fraction of sp³-hybridized carbons (Fsp3) is 0.652. The van der Waals surface area contributed by atoms with E-state index in [1.807, 2.05) is 29.2 Å². The molecule has 2 fully saturated rings. The molecule has 1 N–H and O–H groups in total. The Labute approximate surface area is 183 Å². The Morgan fingerprint density at radius 3 is 2.31 bits per heavy atom. The van der Waals surface area contributed by atoms with E-state index < -0.39 is 0 Å². The molecular weight excluding hydrogens is 430 g/mol. The van der Waals surface area contributed by atoms with Crippen LogP contribution in [-0.4, -0.2) is 60.9 Å². The third-order valence-corrected chi connectivity index (χ3v) is 6.67. The number of nitrogens with one attached hydrogen (secondary N) is 1. The molecule has 0 radical (unpaired) electrons. The van der Waals surface area contributed by atoms with Crippen LogP contribution in [0.3, 0.4) is 0 Å². The first-order valence-corrected chi connectivity index (χ1v) is 11.8. The van der Waals surface area contributed by atoms with Crippen LogP contribution in [0.1, 0.15) is 49.9 Å². The van der Waals surface area contributed by atoms with Crippen molar-refractivity contribution >= 4 is 27.7 Å². The van der Waals surface area contributed by atoms with E-state index in [4.69, 9.17) is 0 Å². The monoisotopic (exact) mass is 463 g/mol. The van der Waals surface area contributed by atoms with Crippen molar-refractivity contribution in [3.63, 3.8) is 0 Å². The zero-order valence-corrected chi connectivity index (χ0v) is 19.3. The maximum atomic E-state index is 12.6. The molecule has 160 valence electrons. The topological polar surface area (TPSA) is 52.7 Å². The molecule has 2 aliphatic heterocycles. The van der Waals surface area contributed by atoms with Crippen molar-refractivity contribution in [2.24, 2.45) is 17.8 Å². The van der Waals surface area contributed by atoms with E-state index in [1.165, 1.54) is 19.5 Å². The highest BCUT2D eigenvalue weighted by Crippen LogP contribution is 2.22. The van der Waals surface area contributed by atoms with Crippen molar-refractivity contribution in [3.05, 3.63) is 34.3 Å². The molecule has 5 nitrogen and oxygen atoms in total. The number of likely N-dealkylation sites (tertiary alicyclic amines) is 2. The first-order valence-electron chi connectivity index (χ1n) is 11.0. The lowest BCUT2D eigenvalue weighted by Crippen LogP contribution is -2.43. The molecule has 6 heteroatoms. The normalized spacial score (nSPS) is 23.8. The number of piperidine rings is 2. The van der Waals surface area contributed by atoms with Crippen LogP contribution in [0.25, 0.3) is 0 Å². The van der Waals surface area contributed by atoms with Crippen molar-refractivity contribution in [1.82, 2.24) is 15.1 Å². The predicted octanol–water partition coefficient (Wildman–Crippen LogP) is 3.79. The average Bonchev–Trinajstić information content (AvgIpc) is 2.70. The Hall–Kier alpha value is -1.40. The Morgan fingerprint density at radius 1 is 1.07 bits per heavy atom. The number of benzene rings is 1. The fourth-order valence-electron chi connectivity index (χ4n) is 4.75. The number of hydrogen-bond acceptors (Lipinski definition) is 3. The highest BCUT2D eigenvalue weighted by molar-refractivity contribution is 9.10. The molecule has 1 aromatic rings. The Bertz CT molecular complexity index is 676. The summed E-state index contributed by atoms with van der Waals surface area (Å²) in [7, 11) is 0. The number of nitrogens with zero attached hydrogens (tertiary/aromatic N) is 2. The number of amides is 2. The lowest BCUT2D eigenvalue weighted by atomic mass is 9.92. The number of hydrogen-bond donors (Lipinski definition) is 1. The zero-order valence-electron chi connectivity index (χ0n) is 17.7. The molecule has 3 rings (SSSR count). The fourth-order valence-corrected chi connectivity index (χ4v) is 5.02. The maximum Gasteiger partial charge on any atom is 0.253 e. The van der Waals surface area contributed by atoms with Crippen LogP contribution in [0, 0.1) is 17.8 Å². The third kappa shape index (κ3) is 6.54. The minimum atomic E-state index is 0.0269. The van der Waals surface area contributed by atoms with E-state index in [1.54, 1.807) is 0 Å². The summed E-state index contributed by atoms with van der Waals surface area (Å²) in [5, 5.41) is 3.12. The maximum absolute atomic E-state index is 12.6. The standard InChI is InChI=1S/C23H34BrN3O2/c1-17-14-18(2)16-26(15-17)11-3-10-25-22(28)19-8-12-27(13-9-19)23(29)20-4-6-21(24)7-5-20/h4-7,17-19H,3,8-16H2,1-2H3,(H,25,28). The van der Waals surface area contributed by atoms with E-state index in [-0.39, 0.29) is 17.7 Å². The lowest BCUT2D eigenvalue weighted by Gasteiger charge is -2.35. The van der Waals surface area contributed by atoms with Gasteiger partial charge in [0.15, 0.2) is 0 Å². The number of carbonyl (C=O) groups is 2. The molecule has 0 spiro atoms. The number of halogens is 1. The molecule has 2 unspecified atom stereocenters. The second kappa shape index (κ2) is 10.6. The predicted molar refractivity (Wildman–Crippen MR) is 120 cm³/mol. The Balaban J connectivity index is 1.34. The molecule has 2 heterocycles. The number of carbonyl (C=O) groups excluding carboxylic acids is 2. The van der Waals surface area contributed by atoms with Gasteiger partial charge >= 0.3 is 0 Å². The van der Waals surface area contributed by atoms with Crippen molar-refractivity contribution in [1.29, 1.82) is 0 Å². The van der Waals surface area contributed by atoms with Gasteiger partial charge in [0, 0.05) is 48.7 Å². The van der Waals surface area contributed by atoms with Gasteiger partial charge in [0.05, 0.1) is 0 Å². The van der Waals surface area contributed by atoms with Crippen LogP contribution >= 0.6 is 15.9 Å². The lowest BCUT2D eigenvalue weighted by molar-refractivity contribution is -0.126. The largest absolute Gasteiger partial charge is 0.356 e. The molecule has 1 aromatic carbocycles. The van der Waals surface area contributed by atoms with Crippen LogP contribution in [-0.2, 0) is 4.79 Å². The summed E-state index contributed by atoms with van der Waals surface area (Å²) in [6.07, 6.45) is 3.83. The van der Waals surface area contributed by atoms with Gasteiger partial charge in [0.25, 0.3) is 5.91 Å². The van der Waals surface area contributed by atoms with Crippen molar-refractivity contribution in [2.75, 3.05) is 39.3 Å². The van der Waals surface area contributed by atoms with Gasteiger partial charge in [-0.3, -0.25) is 9.59 Å². The van der Waals surface area contributed by atoms with Crippen LogP contribution in [0.15, 0.2) is 28.7 Å². The minimum Gasteiger partial charge on any atom is -0.356 e. The van der Waals surface area contributed by atoms with Gasteiger partial charge in [-0.25, -0.2) is 0 Å². The van der Waals surface area contributed by atoms with Gasteiger partial charge in [-0.2, -0.15) is 0 Å². The molecular formula is C23H34BrN3O2. The molecule has 2 atom stereocenters. The van der Waals surface area contributed by atoms with Gasteiger partial charge in [-0.15, -0.1) is 0 Å². The molecule has 2 aliphatic rings. The highest BCUT2D eigenvalue weighted by Gasteiger charge is 2.28. The molecule has 2 saturated heterocycles. The second-order valence-corrected chi connectivity index (χ2v) is 9.84. The number of rotatable bonds is 6. The van der Waals surface area contributed by atoms with Crippen molar-refractivity contribution in [3.8, 4) is 0 Å². The average molecular weight is 464 g/mol. The van der Waals surface area contributed by atoms with E-state index in [2.05, 4.69) is 40.0 Å². The van der Waals surface area contributed by atoms with Crippen LogP contribution in [0.2, 0.25) is 0 Å². The molecule has 2 amide bonds. The minimum absolute atomic E-state index is 0.0269. The van der Waals surface area contributed by atoms with E-state index in [0.717, 1.165) is 48.7 Å². The summed E-state index contributed by atoms with van der Waals surface area (Å²) in [5.41, 5.74) is 0.706. The zero-order chi connectivity index (χ0) is 20.8. The Morgan fingerprint density at radius 2 is 1.69 bits per heavy atom. The first-order chi connectivity index (χ1) is 13.9. The van der Waals surface area contributed by atoms with Crippen molar-refractivity contribution < 1.29 is 9.59 Å². The summed E-state index contributed by atoms with van der Waals surface area (Å²) in [6, 6.07) is 7.46. The molecule has 0 bridgehead atoms. The van der Waals surface area contributed by atoms with Gasteiger partial charge in [-0.05, 0) is 68.3 Å². The Kier molecular flexibility index (Phi) is 8.13. The second-order valence-electron chi connectivity index (χ2n) is 8.92. The van der Waals surface area contributed by atoms with Gasteiger partial charge < -0.3 is 15.1 Å². The summed E-state index contributed by atoms with van der Waals surface area (Å²) < 4.78 is 0.966. The third-order valence-electron chi connectivity index (χ3n) is 6.14. The van der Waals surface area contributed by atoms with Crippen molar-refractivity contribution in [2.45, 2.75) is 39.5 Å². The summed E-state index contributed by atoms with van der Waals surface area (Å²) >= 11 is 3.40. The summed E-state index contributed by atoms with van der Waals surface area (Å²) in [5.74, 6) is 1.79. The van der Waals surface area contributed by atoms with E-state index >= 15 is 0 Å². The molecule has 0 saturated carbocycles. The molecule has 0 aliphatic carbocycles. The SMILES string of the molecule is CC1CC(C)CN(CCCNC(=O)C2CCN(C(=O)c3ccc(Br)cc3)CC2)C1. The molecule has 0 aromatic heterocycles. The van der Waals surface area contributed by atoms with Crippen LogP contribution < -0.4 is 5.32 Å². The van der Waals surface area contributed by atoms with Gasteiger partial charge in [0.2, 0.25) is 5.91 Å².